The van der Waals surface area contributed by atoms with E-state index in [-0.39, 0.29) is 11.9 Å². The molecule has 1 aliphatic rings. The van der Waals surface area contributed by atoms with Crippen LogP contribution in [0.5, 0.6) is 0 Å². The van der Waals surface area contributed by atoms with E-state index in [9.17, 15) is 4.79 Å². The summed E-state index contributed by atoms with van der Waals surface area (Å²) in [7, 11) is 1.67. The van der Waals surface area contributed by atoms with Gasteiger partial charge in [0.2, 0.25) is 5.91 Å². The van der Waals surface area contributed by atoms with Gasteiger partial charge in [0.15, 0.2) is 0 Å². The fraction of sp³-hybridized carbons (Fsp3) is 0.417. The number of carbonyl (C=O) groups excluding carboxylic acids is 1. The van der Waals surface area contributed by atoms with Crippen LogP contribution < -0.4 is 10.6 Å². The fourth-order valence-corrected chi connectivity index (χ4v) is 2.53. The van der Waals surface area contributed by atoms with Crippen LogP contribution in [-0.4, -0.2) is 26.2 Å². The first-order valence-corrected chi connectivity index (χ1v) is 6.35. The number of hydrogen-bond donors (Lipinski definition) is 2. The van der Waals surface area contributed by atoms with E-state index in [1.807, 2.05) is 18.2 Å². The molecule has 1 aromatic rings. The molecule has 92 valence electrons. The first kappa shape index (κ1) is 12.5. The van der Waals surface area contributed by atoms with Gasteiger partial charge in [0.05, 0.1) is 0 Å². The van der Waals surface area contributed by atoms with Gasteiger partial charge in [-0.25, -0.2) is 0 Å². The summed E-state index contributed by atoms with van der Waals surface area (Å²) >= 11 is 3.48. The second-order valence-corrected chi connectivity index (χ2v) is 4.78. The van der Waals surface area contributed by atoms with Gasteiger partial charge in [-0.1, -0.05) is 22.0 Å². The Morgan fingerprint density at radius 3 is 3.12 bits per heavy atom. The summed E-state index contributed by atoms with van der Waals surface area (Å²) in [5.41, 5.74) is 1.88. The summed E-state index contributed by atoms with van der Waals surface area (Å²) in [5, 5.41) is 6.11. The molecule has 1 atom stereocenters. The van der Waals surface area contributed by atoms with Gasteiger partial charge in [-0.2, -0.15) is 0 Å². The molecule has 0 spiro atoms. The largest absolute Gasteiger partial charge is 0.385 e. The Kier molecular flexibility index (Phi) is 4.15. The Morgan fingerprint density at radius 1 is 1.53 bits per heavy atom. The molecule has 0 radical (unpaired) electrons. The Hall–Kier alpha value is -0.910. The lowest BCUT2D eigenvalue weighted by Gasteiger charge is -2.12. The highest BCUT2D eigenvalue weighted by atomic mass is 79.9. The van der Waals surface area contributed by atoms with Crippen LogP contribution >= 0.6 is 15.9 Å². The van der Waals surface area contributed by atoms with Gasteiger partial charge in [0.25, 0.3) is 0 Å². The highest BCUT2D eigenvalue weighted by Gasteiger charge is 2.31. The molecule has 1 heterocycles. The van der Waals surface area contributed by atoms with Crippen molar-refractivity contribution >= 4 is 27.5 Å². The Balaban J connectivity index is 2.06. The first-order valence-electron chi connectivity index (χ1n) is 5.55. The molecule has 0 saturated carbocycles. The molecule has 0 aliphatic carbocycles. The minimum atomic E-state index is -0.266. The van der Waals surface area contributed by atoms with Crippen molar-refractivity contribution in [2.75, 3.05) is 25.6 Å². The summed E-state index contributed by atoms with van der Waals surface area (Å²) in [6.45, 7) is 1.46. The maximum absolute atomic E-state index is 11.8. The zero-order valence-corrected chi connectivity index (χ0v) is 11.2. The van der Waals surface area contributed by atoms with Crippen LogP contribution in [0.15, 0.2) is 22.7 Å². The number of nitrogens with one attached hydrogen (secondary N) is 2. The number of ether oxygens (including phenoxy) is 1. The predicted molar refractivity (Wildman–Crippen MR) is 70.0 cm³/mol. The van der Waals surface area contributed by atoms with Crippen molar-refractivity contribution in [1.29, 1.82) is 0 Å². The molecule has 1 unspecified atom stereocenters. The molecule has 5 heteroatoms. The van der Waals surface area contributed by atoms with E-state index in [4.69, 9.17) is 4.74 Å². The number of benzene rings is 1. The SMILES string of the molecule is COCCCNC1C(=O)Nc2cccc(Br)c21. The second-order valence-electron chi connectivity index (χ2n) is 3.92. The van der Waals surface area contributed by atoms with Gasteiger partial charge in [0, 0.05) is 29.4 Å². The molecule has 2 N–H and O–H groups in total. The van der Waals surface area contributed by atoms with Crippen molar-refractivity contribution in [3.8, 4) is 0 Å². The van der Waals surface area contributed by atoms with Crippen LogP contribution in [0.25, 0.3) is 0 Å². The topological polar surface area (TPSA) is 50.4 Å². The van der Waals surface area contributed by atoms with Crippen LogP contribution in [0.1, 0.15) is 18.0 Å². The van der Waals surface area contributed by atoms with Gasteiger partial charge in [-0.3, -0.25) is 4.79 Å². The van der Waals surface area contributed by atoms with E-state index in [1.165, 1.54) is 0 Å². The van der Waals surface area contributed by atoms with Gasteiger partial charge in [-0.05, 0) is 25.1 Å². The van der Waals surface area contributed by atoms with E-state index in [2.05, 4.69) is 26.6 Å². The van der Waals surface area contributed by atoms with Crippen molar-refractivity contribution in [3.05, 3.63) is 28.2 Å². The number of hydrogen-bond acceptors (Lipinski definition) is 3. The Bertz CT molecular complexity index is 423. The van der Waals surface area contributed by atoms with Gasteiger partial charge >= 0.3 is 0 Å². The average molecular weight is 299 g/mol. The summed E-state index contributed by atoms with van der Waals surface area (Å²) < 4.78 is 5.93. The Morgan fingerprint density at radius 2 is 2.35 bits per heavy atom. The van der Waals surface area contributed by atoms with E-state index in [0.29, 0.717) is 6.61 Å². The second kappa shape index (κ2) is 5.62. The van der Waals surface area contributed by atoms with E-state index >= 15 is 0 Å². The van der Waals surface area contributed by atoms with Crippen LogP contribution in [-0.2, 0) is 9.53 Å². The molecule has 4 nitrogen and oxygen atoms in total. The number of amides is 1. The summed E-state index contributed by atoms with van der Waals surface area (Å²) in [5.74, 6) is 0.00400. The number of methoxy groups -OCH3 is 1. The van der Waals surface area contributed by atoms with Crippen molar-refractivity contribution in [2.45, 2.75) is 12.5 Å². The highest BCUT2D eigenvalue weighted by molar-refractivity contribution is 9.10. The average Bonchev–Trinajstić information content (AvgIpc) is 2.62. The quantitative estimate of drug-likeness (QED) is 0.818. The summed E-state index contributed by atoms with van der Waals surface area (Å²) in [4.78, 5) is 11.8. The first-order chi connectivity index (χ1) is 8.24. The van der Waals surface area contributed by atoms with Crippen molar-refractivity contribution in [2.24, 2.45) is 0 Å². The lowest BCUT2D eigenvalue weighted by molar-refractivity contribution is -0.117. The smallest absolute Gasteiger partial charge is 0.246 e. The third-order valence-electron chi connectivity index (χ3n) is 2.74. The minimum Gasteiger partial charge on any atom is -0.385 e. The van der Waals surface area contributed by atoms with Crippen molar-refractivity contribution in [3.63, 3.8) is 0 Å². The standard InChI is InChI=1S/C12H15BrN2O2/c1-17-7-3-6-14-11-10-8(13)4-2-5-9(10)15-12(11)16/h2,4-5,11,14H,3,6-7H2,1H3,(H,15,16). The maximum Gasteiger partial charge on any atom is 0.246 e. The van der Waals surface area contributed by atoms with Crippen LogP contribution in [0.2, 0.25) is 0 Å². The monoisotopic (exact) mass is 298 g/mol. The number of anilines is 1. The number of fused-ring (bicyclic) bond motifs is 1. The molecule has 2 rings (SSSR count). The van der Waals surface area contributed by atoms with Crippen molar-refractivity contribution in [1.82, 2.24) is 5.32 Å². The molecule has 1 aliphatic heterocycles. The maximum atomic E-state index is 11.8. The molecule has 0 aromatic heterocycles. The summed E-state index contributed by atoms with van der Waals surface area (Å²) in [6.07, 6.45) is 0.889. The van der Waals surface area contributed by atoms with Gasteiger partial charge < -0.3 is 15.4 Å². The summed E-state index contributed by atoms with van der Waals surface area (Å²) in [6, 6.07) is 5.51. The van der Waals surface area contributed by atoms with Crippen LogP contribution in [0, 0.1) is 0 Å². The molecule has 0 fully saturated rings. The third-order valence-corrected chi connectivity index (χ3v) is 3.43. The van der Waals surface area contributed by atoms with Crippen molar-refractivity contribution < 1.29 is 9.53 Å². The molecular weight excluding hydrogens is 284 g/mol. The fourth-order valence-electron chi connectivity index (χ4n) is 1.93. The number of carbonyl (C=O) groups is 1. The van der Waals surface area contributed by atoms with Crippen LogP contribution in [0.4, 0.5) is 5.69 Å². The van der Waals surface area contributed by atoms with Gasteiger partial charge in [0.1, 0.15) is 6.04 Å². The van der Waals surface area contributed by atoms with Crippen LogP contribution in [0.3, 0.4) is 0 Å². The number of rotatable bonds is 5. The van der Waals surface area contributed by atoms with E-state index in [0.717, 1.165) is 28.7 Å². The predicted octanol–water partition coefficient (Wildman–Crippen LogP) is 2.07. The third kappa shape index (κ3) is 2.68. The molecule has 1 aromatic carbocycles. The lowest BCUT2D eigenvalue weighted by atomic mass is 10.1. The minimum absolute atomic E-state index is 0.00400. The lowest BCUT2D eigenvalue weighted by Crippen LogP contribution is -2.29. The molecular formula is C12H15BrN2O2. The molecule has 17 heavy (non-hydrogen) atoms. The van der Waals surface area contributed by atoms with Gasteiger partial charge in [-0.15, -0.1) is 0 Å². The Labute approximate surface area is 109 Å². The molecule has 1 amide bonds. The van der Waals surface area contributed by atoms with E-state index < -0.39 is 0 Å². The molecule has 0 bridgehead atoms. The zero-order chi connectivity index (χ0) is 12.3. The molecule has 0 saturated heterocycles. The normalized spacial score (nSPS) is 18.0. The highest BCUT2D eigenvalue weighted by Crippen LogP contribution is 2.36. The zero-order valence-electron chi connectivity index (χ0n) is 9.63. The number of halogens is 1. The van der Waals surface area contributed by atoms with E-state index in [1.54, 1.807) is 7.11 Å².